The molecular formula is C20H14F2N4O. The highest BCUT2D eigenvalue weighted by atomic mass is 19.1. The maximum atomic E-state index is 13.7. The molecule has 134 valence electrons. The smallest absolute Gasteiger partial charge is 0.261 e. The van der Waals surface area contributed by atoms with Gasteiger partial charge in [0.05, 0.1) is 11.9 Å². The van der Waals surface area contributed by atoms with Gasteiger partial charge in [0.25, 0.3) is 5.91 Å². The van der Waals surface area contributed by atoms with Gasteiger partial charge in [-0.2, -0.15) is 5.10 Å². The average Bonchev–Trinajstić information content (AvgIpc) is 3.31. The van der Waals surface area contributed by atoms with Gasteiger partial charge in [-0.15, -0.1) is 0 Å². The lowest BCUT2D eigenvalue weighted by Gasteiger charge is -2.11. The first-order valence-corrected chi connectivity index (χ1v) is 8.16. The van der Waals surface area contributed by atoms with Crippen LogP contribution in [-0.4, -0.2) is 20.3 Å². The molecule has 0 unspecified atom stereocenters. The van der Waals surface area contributed by atoms with Gasteiger partial charge in [0.2, 0.25) is 0 Å². The lowest BCUT2D eigenvalue weighted by atomic mass is 10.2. The molecule has 2 aromatic heterocycles. The summed E-state index contributed by atoms with van der Waals surface area (Å²) >= 11 is 0. The molecule has 0 spiro atoms. The van der Waals surface area contributed by atoms with Gasteiger partial charge in [0.1, 0.15) is 17.2 Å². The molecule has 1 amide bonds. The predicted molar refractivity (Wildman–Crippen MR) is 97.2 cm³/mol. The van der Waals surface area contributed by atoms with E-state index in [4.69, 9.17) is 0 Å². The number of hydrogen-bond acceptors (Lipinski definition) is 2. The highest BCUT2D eigenvalue weighted by Gasteiger charge is 2.20. The molecule has 0 fully saturated rings. The second-order valence-electron chi connectivity index (χ2n) is 5.83. The molecule has 2 aromatic carbocycles. The van der Waals surface area contributed by atoms with Crippen LogP contribution in [0.5, 0.6) is 0 Å². The summed E-state index contributed by atoms with van der Waals surface area (Å²) in [6.07, 6.45) is 4.91. The minimum absolute atomic E-state index is 0.264. The normalized spacial score (nSPS) is 10.7. The first-order chi connectivity index (χ1) is 13.1. The van der Waals surface area contributed by atoms with Crippen LogP contribution in [0.3, 0.4) is 0 Å². The van der Waals surface area contributed by atoms with Crippen molar-refractivity contribution in [2.75, 3.05) is 5.32 Å². The van der Waals surface area contributed by atoms with Crippen molar-refractivity contribution < 1.29 is 13.6 Å². The fourth-order valence-corrected chi connectivity index (χ4v) is 2.79. The van der Waals surface area contributed by atoms with Crippen molar-refractivity contribution in [1.29, 1.82) is 0 Å². The summed E-state index contributed by atoms with van der Waals surface area (Å²) in [6, 6.07) is 15.1. The molecule has 1 N–H and O–H groups in total. The highest BCUT2D eigenvalue weighted by molar-refractivity contribution is 6.06. The van der Waals surface area contributed by atoms with Crippen LogP contribution in [0.1, 0.15) is 10.4 Å². The number of hydrogen-bond donors (Lipinski definition) is 1. The van der Waals surface area contributed by atoms with E-state index in [1.807, 2.05) is 0 Å². The molecule has 4 aromatic rings. The Morgan fingerprint density at radius 3 is 2.33 bits per heavy atom. The van der Waals surface area contributed by atoms with Crippen LogP contribution in [-0.2, 0) is 0 Å². The standard InChI is InChI=1S/C20H14F2N4O/c21-14-5-3-7-16(11-14)24-19(27)18-13-23-26(17-8-4-6-15(22)12-17)20(18)25-9-1-2-10-25/h1-13H,(H,24,27). The monoisotopic (exact) mass is 364 g/mol. The van der Waals surface area contributed by atoms with Crippen molar-refractivity contribution in [3.63, 3.8) is 0 Å². The maximum Gasteiger partial charge on any atom is 0.261 e. The topological polar surface area (TPSA) is 51.9 Å². The van der Waals surface area contributed by atoms with Crippen molar-refractivity contribution in [1.82, 2.24) is 14.3 Å². The van der Waals surface area contributed by atoms with Gasteiger partial charge in [-0.25, -0.2) is 13.5 Å². The summed E-state index contributed by atoms with van der Waals surface area (Å²) in [5.74, 6) is -0.868. The number of rotatable bonds is 4. The molecule has 5 nitrogen and oxygen atoms in total. The van der Waals surface area contributed by atoms with Crippen LogP contribution < -0.4 is 5.32 Å². The minimum Gasteiger partial charge on any atom is -0.322 e. The Bertz CT molecular complexity index is 1100. The summed E-state index contributed by atoms with van der Waals surface area (Å²) in [5.41, 5.74) is 1.07. The number of aromatic nitrogens is 3. The summed E-state index contributed by atoms with van der Waals surface area (Å²) in [4.78, 5) is 12.8. The molecule has 0 aliphatic carbocycles. The molecule has 0 aliphatic rings. The van der Waals surface area contributed by atoms with Crippen LogP contribution in [0.2, 0.25) is 0 Å². The second-order valence-corrected chi connectivity index (χ2v) is 5.83. The summed E-state index contributed by atoms with van der Waals surface area (Å²) in [6.45, 7) is 0. The molecule has 0 atom stereocenters. The largest absolute Gasteiger partial charge is 0.322 e. The van der Waals surface area contributed by atoms with Crippen molar-refractivity contribution in [2.45, 2.75) is 0 Å². The summed E-state index contributed by atoms with van der Waals surface area (Å²) in [5, 5.41) is 6.92. The van der Waals surface area contributed by atoms with Crippen molar-refractivity contribution >= 4 is 11.6 Å². The Morgan fingerprint density at radius 1 is 0.926 bits per heavy atom. The van der Waals surface area contributed by atoms with E-state index < -0.39 is 17.5 Å². The maximum absolute atomic E-state index is 13.7. The van der Waals surface area contributed by atoms with E-state index in [2.05, 4.69) is 10.4 Å². The second kappa shape index (κ2) is 6.87. The quantitative estimate of drug-likeness (QED) is 0.590. The Hall–Kier alpha value is -3.74. The van der Waals surface area contributed by atoms with Crippen LogP contribution in [0.25, 0.3) is 11.5 Å². The first kappa shape index (κ1) is 16.7. The third-order valence-corrected chi connectivity index (χ3v) is 3.97. The minimum atomic E-state index is -0.452. The molecule has 0 saturated carbocycles. The zero-order chi connectivity index (χ0) is 18.8. The third kappa shape index (κ3) is 3.35. The Labute approximate surface area is 153 Å². The predicted octanol–water partition coefficient (Wildman–Crippen LogP) is 4.19. The van der Waals surface area contributed by atoms with Gasteiger partial charge in [0.15, 0.2) is 5.82 Å². The molecule has 7 heteroatoms. The fourth-order valence-electron chi connectivity index (χ4n) is 2.79. The number of anilines is 1. The number of carbonyl (C=O) groups is 1. The number of nitrogens with zero attached hydrogens (tertiary/aromatic N) is 3. The molecule has 0 saturated heterocycles. The van der Waals surface area contributed by atoms with E-state index in [1.165, 1.54) is 41.2 Å². The zero-order valence-electron chi connectivity index (χ0n) is 14.0. The number of carbonyl (C=O) groups excluding carboxylic acids is 1. The Morgan fingerprint density at radius 2 is 1.63 bits per heavy atom. The van der Waals surface area contributed by atoms with Gasteiger partial charge >= 0.3 is 0 Å². The number of halogens is 2. The van der Waals surface area contributed by atoms with E-state index in [-0.39, 0.29) is 5.56 Å². The van der Waals surface area contributed by atoms with E-state index in [0.29, 0.717) is 17.2 Å². The van der Waals surface area contributed by atoms with E-state index in [1.54, 1.807) is 47.3 Å². The van der Waals surface area contributed by atoms with Crippen LogP contribution in [0, 0.1) is 11.6 Å². The molecule has 0 radical (unpaired) electrons. The molecule has 27 heavy (non-hydrogen) atoms. The molecule has 2 heterocycles. The third-order valence-electron chi connectivity index (χ3n) is 3.97. The van der Waals surface area contributed by atoms with E-state index in [0.717, 1.165) is 0 Å². The van der Waals surface area contributed by atoms with Crippen molar-refractivity contribution in [3.05, 3.63) is 96.5 Å². The van der Waals surface area contributed by atoms with Crippen LogP contribution in [0.15, 0.2) is 79.3 Å². The highest BCUT2D eigenvalue weighted by Crippen LogP contribution is 2.22. The molecule has 0 bridgehead atoms. The lowest BCUT2D eigenvalue weighted by Crippen LogP contribution is -2.15. The van der Waals surface area contributed by atoms with Gasteiger partial charge in [-0.05, 0) is 48.5 Å². The van der Waals surface area contributed by atoms with Crippen molar-refractivity contribution in [2.24, 2.45) is 0 Å². The average molecular weight is 364 g/mol. The number of benzene rings is 2. The Kier molecular flexibility index (Phi) is 4.25. The van der Waals surface area contributed by atoms with E-state index >= 15 is 0 Å². The van der Waals surface area contributed by atoms with Gasteiger partial charge in [-0.3, -0.25) is 4.79 Å². The summed E-state index contributed by atoms with van der Waals surface area (Å²) < 4.78 is 30.2. The first-order valence-electron chi connectivity index (χ1n) is 8.16. The summed E-state index contributed by atoms with van der Waals surface area (Å²) in [7, 11) is 0. The number of amides is 1. The van der Waals surface area contributed by atoms with Gasteiger partial charge < -0.3 is 9.88 Å². The SMILES string of the molecule is O=C(Nc1cccc(F)c1)c1cnn(-c2cccc(F)c2)c1-n1cccc1. The van der Waals surface area contributed by atoms with Crippen LogP contribution in [0.4, 0.5) is 14.5 Å². The molecule has 0 aliphatic heterocycles. The van der Waals surface area contributed by atoms with E-state index in [9.17, 15) is 13.6 Å². The fraction of sp³-hybridized carbons (Fsp3) is 0. The number of nitrogens with one attached hydrogen (secondary N) is 1. The molecular weight excluding hydrogens is 350 g/mol. The Balaban J connectivity index is 1.78. The van der Waals surface area contributed by atoms with Gasteiger partial charge in [0, 0.05) is 18.1 Å². The zero-order valence-corrected chi connectivity index (χ0v) is 14.0. The van der Waals surface area contributed by atoms with Crippen molar-refractivity contribution in [3.8, 4) is 11.5 Å². The lowest BCUT2D eigenvalue weighted by molar-refractivity contribution is 0.102. The molecule has 4 rings (SSSR count). The van der Waals surface area contributed by atoms with Gasteiger partial charge in [-0.1, -0.05) is 12.1 Å². The van der Waals surface area contributed by atoms with Crippen LogP contribution >= 0.6 is 0 Å².